The quantitative estimate of drug-likeness (QED) is 0.840. The molecule has 0 spiro atoms. The van der Waals surface area contributed by atoms with Crippen molar-refractivity contribution >= 4 is 0 Å². The van der Waals surface area contributed by atoms with Crippen LogP contribution in [0.3, 0.4) is 0 Å². The normalized spacial score (nSPS) is 17.9. The topological polar surface area (TPSA) is 21.3 Å². The molecule has 16 heavy (non-hydrogen) atoms. The van der Waals surface area contributed by atoms with E-state index in [-0.39, 0.29) is 0 Å². The van der Waals surface area contributed by atoms with Crippen LogP contribution in [0.15, 0.2) is 18.2 Å². The predicted molar refractivity (Wildman–Crippen MR) is 66.9 cm³/mol. The predicted octanol–water partition coefficient (Wildman–Crippen LogP) is 3.06. The Kier molecular flexibility index (Phi) is 3.49. The lowest BCUT2D eigenvalue weighted by atomic mass is 9.77. The number of rotatable bonds is 4. The first kappa shape index (κ1) is 11.5. The third-order valence-electron chi connectivity index (χ3n) is 3.72. The third-order valence-corrected chi connectivity index (χ3v) is 3.72. The summed E-state index contributed by atoms with van der Waals surface area (Å²) in [5.41, 5.74) is 2.56. The van der Waals surface area contributed by atoms with Crippen LogP contribution in [0.25, 0.3) is 0 Å². The van der Waals surface area contributed by atoms with Gasteiger partial charge in [-0.3, -0.25) is 0 Å². The third kappa shape index (κ3) is 2.07. The number of aryl methyl sites for hydroxylation is 1. The van der Waals surface area contributed by atoms with E-state index in [1.54, 1.807) is 7.11 Å². The lowest BCUT2D eigenvalue weighted by Gasteiger charge is -2.34. The van der Waals surface area contributed by atoms with E-state index in [4.69, 9.17) is 4.74 Å². The second-order valence-corrected chi connectivity index (χ2v) is 4.69. The van der Waals surface area contributed by atoms with Gasteiger partial charge < -0.3 is 10.1 Å². The summed E-state index contributed by atoms with van der Waals surface area (Å²) in [6, 6.07) is 7.03. The van der Waals surface area contributed by atoms with Crippen molar-refractivity contribution in [2.75, 3.05) is 14.2 Å². The van der Waals surface area contributed by atoms with Crippen LogP contribution < -0.4 is 10.1 Å². The molecule has 0 radical (unpaired) electrons. The summed E-state index contributed by atoms with van der Waals surface area (Å²) in [6.07, 6.45) is 4.08. The van der Waals surface area contributed by atoms with E-state index in [1.165, 1.54) is 30.4 Å². The average molecular weight is 219 g/mol. The first-order chi connectivity index (χ1) is 7.76. The molecule has 1 unspecified atom stereocenters. The summed E-state index contributed by atoms with van der Waals surface area (Å²) < 4.78 is 5.38. The fourth-order valence-corrected chi connectivity index (χ4v) is 2.48. The van der Waals surface area contributed by atoms with Crippen molar-refractivity contribution in [3.05, 3.63) is 29.3 Å². The van der Waals surface area contributed by atoms with E-state index >= 15 is 0 Å². The number of ether oxygens (including phenoxy) is 1. The first-order valence-corrected chi connectivity index (χ1v) is 6.08. The maximum Gasteiger partial charge on any atom is 0.122 e. The van der Waals surface area contributed by atoms with Crippen LogP contribution in [0.1, 0.15) is 36.4 Å². The molecule has 1 aliphatic carbocycles. The zero-order valence-corrected chi connectivity index (χ0v) is 10.4. The number of benzene rings is 1. The van der Waals surface area contributed by atoms with Gasteiger partial charge >= 0.3 is 0 Å². The molecule has 0 aromatic heterocycles. The molecular formula is C14H21NO. The molecule has 0 aliphatic heterocycles. The molecule has 0 amide bonds. The van der Waals surface area contributed by atoms with Gasteiger partial charge in [-0.15, -0.1) is 0 Å². The van der Waals surface area contributed by atoms with Gasteiger partial charge in [0.15, 0.2) is 0 Å². The maximum atomic E-state index is 5.38. The monoisotopic (exact) mass is 219 g/mol. The Morgan fingerprint density at radius 1 is 1.38 bits per heavy atom. The maximum absolute atomic E-state index is 5.38. The van der Waals surface area contributed by atoms with Crippen LogP contribution in [-0.4, -0.2) is 14.2 Å². The van der Waals surface area contributed by atoms with E-state index in [0.717, 1.165) is 11.7 Å². The summed E-state index contributed by atoms with van der Waals surface area (Å²) in [6.45, 7) is 2.08. The van der Waals surface area contributed by atoms with Gasteiger partial charge in [-0.1, -0.05) is 18.6 Å². The van der Waals surface area contributed by atoms with Crippen LogP contribution in [0, 0.1) is 12.8 Å². The van der Waals surface area contributed by atoms with Crippen molar-refractivity contribution in [3.8, 4) is 5.75 Å². The Labute approximate surface area is 98.0 Å². The van der Waals surface area contributed by atoms with E-state index < -0.39 is 0 Å². The first-order valence-electron chi connectivity index (χ1n) is 6.08. The van der Waals surface area contributed by atoms with Crippen molar-refractivity contribution in [3.63, 3.8) is 0 Å². The Morgan fingerprint density at radius 3 is 2.62 bits per heavy atom. The molecule has 88 valence electrons. The van der Waals surface area contributed by atoms with E-state index in [9.17, 15) is 0 Å². The summed E-state index contributed by atoms with van der Waals surface area (Å²) in [7, 11) is 3.79. The molecule has 2 nitrogen and oxygen atoms in total. The van der Waals surface area contributed by atoms with E-state index in [2.05, 4.69) is 37.5 Å². The minimum atomic E-state index is 0.489. The number of hydrogen-bond donors (Lipinski definition) is 1. The zero-order valence-electron chi connectivity index (χ0n) is 10.4. The van der Waals surface area contributed by atoms with Crippen LogP contribution in [0.4, 0.5) is 0 Å². The van der Waals surface area contributed by atoms with Gasteiger partial charge in [-0.25, -0.2) is 0 Å². The molecule has 0 heterocycles. The van der Waals surface area contributed by atoms with Crippen LogP contribution in [-0.2, 0) is 0 Å². The lowest BCUT2D eigenvalue weighted by molar-refractivity contribution is 0.239. The molecule has 1 aromatic carbocycles. The van der Waals surface area contributed by atoms with Crippen molar-refractivity contribution in [1.29, 1.82) is 0 Å². The van der Waals surface area contributed by atoms with Gasteiger partial charge in [0, 0.05) is 6.04 Å². The highest BCUT2D eigenvalue weighted by Crippen LogP contribution is 2.38. The molecule has 0 saturated heterocycles. The van der Waals surface area contributed by atoms with Gasteiger partial charge in [-0.05, 0) is 49.9 Å². The molecule has 2 rings (SSSR count). The van der Waals surface area contributed by atoms with Crippen molar-refractivity contribution < 1.29 is 4.74 Å². The molecule has 2 heteroatoms. The molecule has 1 N–H and O–H groups in total. The highest BCUT2D eigenvalue weighted by atomic mass is 16.5. The molecule has 0 bridgehead atoms. The van der Waals surface area contributed by atoms with Crippen LogP contribution >= 0.6 is 0 Å². The summed E-state index contributed by atoms with van der Waals surface area (Å²) >= 11 is 0. The second kappa shape index (κ2) is 4.88. The Bertz CT molecular complexity index is 358. The Balaban J connectivity index is 2.23. The van der Waals surface area contributed by atoms with Gasteiger partial charge in [-0.2, -0.15) is 0 Å². The smallest absolute Gasteiger partial charge is 0.122 e. The van der Waals surface area contributed by atoms with Gasteiger partial charge in [0.1, 0.15) is 5.75 Å². The standard InChI is InChI=1S/C14H21NO/c1-10-7-8-12(9-13(10)16-3)14(15-2)11-5-4-6-11/h7-9,11,14-15H,4-6H2,1-3H3. The summed E-state index contributed by atoms with van der Waals surface area (Å²) in [5, 5.41) is 3.44. The van der Waals surface area contributed by atoms with Gasteiger partial charge in [0.25, 0.3) is 0 Å². The van der Waals surface area contributed by atoms with Crippen molar-refractivity contribution in [2.45, 2.75) is 32.2 Å². The Hall–Kier alpha value is -1.02. The van der Waals surface area contributed by atoms with E-state index in [1.807, 2.05) is 0 Å². The van der Waals surface area contributed by atoms with Crippen LogP contribution in [0.2, 0.25) is 0 Å². The number of methoxy groups -OCH3 is 1. The highest BCUT2D eigenvalue weighted by Gasteiger charge is 2.27. The summed E-state index contributed by atoms with van der Waals surface area (Å²) in [4.78, 5) is 0. The largest absolute Gasteiger partial charge is 0.496 e. The Morgan fingerprint density at radius 2 is 2.12 bits per heavy atom. The van der Waals surface area contributed by atoms with Crippen molar-refractivity contribution in [2.24, 2.45) is 5.92 Å². The SMILES string of the molecule is CNC(c1ccc(C)c(OC)c1)C1CCC1. The zero-order chi connectivity index (χ0) is 11.5. The van der Waals surface area contributed by atoms with E-state index in [0.29, 0.717) is 6.04 Å². The fraction of sp³-hybridized carbons (Fsp3) is 0.571. The average Bonchev–Trinajstić information content (AvgIpc) is 2.24. The highest BCUT2D eigenvalue weighted by molar-refractivity contribution is 5.38. The molecule has 1 aromatic rings. The molecule has 1 saturated carbocycles. The van der Waals surface area contributed by atoms with Crippen molar-refractivity contribution in [1.82, 2.24) is 5.32 Å². The number of nitrogens with one attached hydrogen (secondary N) is 1. The second-order valence-electron chi connectivity index (χ2n) is 4.69. The minimum Gasteiger partial charge on any atom is -0.496 e. The molecule has 1 atom stereocenters. The number of hydrogen-bond acceptors (Lipinski definition) is 2. The minimum absolute atomic E-state index is 0.489. The van der Waals surface area contributed by atoms with Crippen LogP contribution in [0.5, 0.6) is 5.75 Å². The van der Waals surface area contributed by atoms with Gasteiger partial charge in [0.2, 0.25) is 0 Å². The molecular weight excluding hydrogens is 198 g/mol. The molecule has 1 fully saturated rings. The van der Waals surface area contributed by atoms with Gasteiger partial charge in [0.05, 0.1) is 7.11 Å². The fourth-order valence-electron chi connectivity index (χ4n) is 2.48. The molecule has 1 aliphatic rings. The summed E-state index contributed by atoms with van der Waals surface area (Å²) in [5.74, 6) is 1.80. The lowest BCUT2D eigenvalue weighted by Crippen LogP contribution is -2.29.